The van der Waals surface area contributed by atoms with Gasteiger partial charge < -0.3 is 5.11 Å². The second kappa shape index (κ2) is 9.42. The van der Waals surface area contributed by atoms with Gasteiger partial charge in [-0.3, -0.25) is 0 Å². The lowest BCUT2D eigenvalue weighted by atomic mass is 10.2. The summed E-state index contributed by atoms with van der Waals surface area (Å²) < 4.78 is 49.4. The Kier molecular flexibility index (Phi) is 9.81. The number of aryl methyl sites for hydroxylation is 1. The molecule has 0 radical (unpaired) electrons. The second-order valence-electron chi connectivity index (χ2n) is 2.74. The Bertz CT molecular complexity index is 410. The van der Waals surface area contributed by atoms with E-state index >= 15 is 0 Å². The molecule has 0 aliphatic rings. The van der Waals surface area contributed by atoms with Crippen molar-refractivity contribution in [2.45, 2.75) is 13.1 Å². The van der Waals surface area contributed by atoms with Crippen LogP contribution in [0.3, 0.4) is 0 Å². The molecule has 0 heterocycles. The van der Waals surface area contributed by atoms with Gasteiger partial charge in [0.2, 0.25) is 0 Å². The molecule has 0 fully saturated rings. The minimum atomic E-state index is -5.08. The van der Waals surface area contributed by atoms with Crippen molar-refractivity contribution < 1.29 is 31.5 Å². The average molecular weight is 287 g/mol. The SMILES string of the molecule is Cc1ccccc1.N[SH](=O)=O.O=C(O)C(F)(F)F. The number of hydrogen-bond acceptors (Lipinski definition) is 3. The molecule has 3 N–H and O–H groups in total. The van der Waals surface area contributed by atoms with Gasteiger partial charge in [-0.25, -0.2) is 18.4 Å². The molecule has 0 unspecified atom stereocenters. The molecule has 1 rings (SSSR count). The molecule has 1 aromatic rings. The minimum absolute atomic E-state index is 1.32. The van der Waals surface area contributed by atoms with Gasteiger partial charge in [-0.1, -0.05) is 35.9 Å². The van der Waals surface area contributed by atoms with Crippen LogP contribution in [0.1, 0.15) is 5.56 Å². The number of carboxylic acid groups (broad SMARTS) is 1. The number of nitrogens with two attached hydrogens (primary N) is 1. The fourth-order valence-corrected chi connectivity index (χ4v) is 0.534. The van der Waals surface area contributed by atoms with Crippen LogP contribution >= 0.6 is 0 Å². The van der Waals surface area contributed by atoms with Gasteiger partial charge in [-0.15, -0.1) is 0 Å². The van der Waals surface area contributed by atoms with Gasteiger partial charge in [-0.2, -0.15) is 13.2 Å². The minimum Gasteiger partial charge on any atom is -0.475 e. The van der Waals surface area contributed by atoms with Crippen molar-refractivity contribution in [2.75, 3.05) is 0 Å². The number of alkyl halides is 3. The van der Waals surface area contributed by atoms with E-state index in [2.05, 4.69) is 24.2 Å². The molecule has 18 heavy (non-hydrogen) atoms. The summed E-state index contributed by atoms with van der Waals surface area (Å²) in [5, 5.41) is 11.2. The van der Waals surface area contributed by atoms with Crippen LogP contribution in [-0.2, 0) is 15.7 Å². The number of rotatable bonds is 0. The Morgan fingerprint density at radius 3 is 1.61 bits per heavy atom. The lowest BCUT2D eigenvalue weighted by Gasteiger charge is -1.93. The maximum absolute atomic E-state index is 10.6. The Morgan fingerprint density at radius 1 is 1.22 bits per heavy atom. The zero-order valence-corrected chi connectivity index (χ0v) is 10.1. The molecule has 0 atom stereocenters. The Balaban J connectivity index is 0. The van der Waals surface area contributed by atoms with Crippen molar-refractivity contribution in [2.24, 2.45) is 5.14 Å². The van der Waals surface area contributed by atoms with Crippen molar-refractivity contribution in [3.05, 3.63) is 35.9 Å². The highest BCUT2D eigenvalue weighted by atomic mass is 32.2. The highest BCUT2D eigenvalue weighted by Crippen LogP contribution is 2.13. The first-order chi connectivity index (χ1) is 8.07. The number of carbonyl (C=O) groups is 1. The van der Waals surface area contributed by atoms with Crippen LogP contribution < -0.4 is 5.14 Å². The maximum Gasteiger partial charge on any atom is 0.490 e. The van der Waals surface area contributed by atoms with E-state index in [-0.39, 0.29) is 0 Å². The Hall–Kier alpha value is -1.61. The number of hydrogen-bond donors (Lipinski definition) is 3. The summed E-state index contributed by atoms with van der Waals surface area (Å²) in [7, 11) is -2.62. The Labute approximate surface area is 103 Å². The van der Waals surface area contributed by atoms with Crippen molar-refractivity contribution >= 4 is 16.9 Å². The maximum atomic E-state index is 10.6. The normalized spacial score (nSPS) is 9.67. The summed E-state index contributed by atoms with van der Waals surface area (Å²) in [4.78, 5) is 8.90. The first kappa shape index (κ1) is 18.7. The van der Waals surface area contributed by atoms with Gasteiger partial charge in [0.1, 0.15) is 0 Å². The first-order valence-corrected chi connectivity index (χ1v) is 5.53. The van der Waals surface area contributed by atoms with Crippen molar-refractivity contribution in [1.29, 1.82) is 0 Å². The van der Waals surface area contributed by atoms with E-state index in [0.29, 0.717) is 0 Å². The van der Waals surface area contributed by atoms with E-state index in [1.165, 1.54) is 5.56 Å². The third kappa shape index (κ3) is 16.8. The van der Waals surface area contributed by atoms with E-state index in [1.54, 1.807) is 0 Å². The van der Waals surface area contributed by atoms with Crippen LogP contribution in [0, 0.1) is 6.92 Å². The molecule has 104 valence electrons. The number of aliphatic carboxylic acids is 1. The van der Waals surface area contributed by atoms with Crippen LogP contribution in [-0.4, -0.2) is 25.7 Å². The largest absolute Gasteiger partial charge is 0.490 e. The van der Waals surface area contributed by atoms with Crippen molar-refractivity contribution in [1.82, 2.24) is 0 Å². The predicted octanol–water partition coefficient (Wildman–Crippen LogP) is 1.10. The molecule has 0 spiro atoms. The van der Waals surface area contributed by atoms with Crippen LogP contribution in [0.25, 0.3) is 0 Å². The molecule has 0 aliphatic heterocycles. The predicted molar refractivity (Wildman–Crippen MR) is 59.4 cm³/mol. The van der Waals surface area contributed by atoms with Crippen LogP contribution in [0.15, 0.2) is 30.3 Å². The number of benzene rings is 1. The molecule has 9 heteroatoms. The van der Waals surface area contributed by atoms with E-state index in [9.17, 15) is 13.2 Å². The van der Waals surface area contributed by atoms with E-state index < -0.39 is 23.0 Å². The van der Waals surface area contributed by atoms with Crippen LogP contribution in [0.4, 0.5) is 13.2 Å². The molecule has 0 aliphatic carbocycles. The highest BCUT2D eigenvalue weighted by Gasteiger charge is 2.38. The smallest absolute Gasteiger partial charge is 0.475 e. The summed E-state index contributed by atoms with van der Waals surface area (Å²) in [6, 6.07) is 10.3. The lowest BCUT2D eigenvalue weighted by Crippen LogP contribution is -2.21. The monoisotopic (exact) mass is 287 g/mol. The van der Waals surface area contributed by atoms with Crippen LogP contribution in [0.2, 0.25) is 0 Å². The third-order valence-corrected chi connectivity index (χ3v) is 1.18. The zero-order chi connectivity index (χ0) is 14.8. The van der Waals surface area contributed by atoms with Gasteiger partial charge in [0.15, 0.2) is 10.9 Å². The standard InChI is InChI=1S/C7H8.C2HF3O2.H3NO2S/c1-7-5-3-2-4-6-7;3-2(4,5)1(6)7;1-4(2)3/h2-6H,1H3;(H,6,7);4H,(H2,1,2,3). The molecular formula is C9H12F3NO4S. The topological polar surface area (TPSA) is 97.5 Å². The molecule has 0 amide bonds. The number of carboxylic acids is 1. The second-order valence-corrected chi connectivity index (χ2v) is 3.31. The number of thiol groups is 1. The molecule has 5 nitrogen and oxygen atoms in total. The molecule has 1 aromatic carbocycles. The molecule has 0 saturated carbocycles. The molecule has 0 saturated heterocycles. The Morgan fingerprint density at radius 2 is 1.50 bits per heavy atom. The number of halogens is 3. The quantitative estimate of drug-likeness (QED) is 0.622. The van der Waals surface area contributed by atoms with Gasteiger partial charge in [0.25, 0.3) is 0 Å². The van der Waals surface area contributed by atoms with E-state index in [1.807, 2.05) is 18.2 Å². The van der Waals surface area contributed by atoms with Gasteiger partial charge in [0.05, 0.1) is 0 Å². The highest BCUT2D eigenvalue weighted by molar-refractivity contribution is 7.69. The molecule has 0 bridgehead atoms. The van der Waals surface area contributed by atoms with Gasteiger partial charge in [-0.05, 0) is 6.92 Å². The summed E-state index contributed by atoms with van der Waals surface area (Å²) in [6.45, 7) is 2.08. The lowest BCUT2D eigenvalue weighted by molar-refractivity contribution is -0.192. The van der Waals surface area contributed by atoms with Crippen molar-refractivity contribution in [3.8, 4) is 0 Å². The molecular weight excluding hydrogens is 275 g/mol. The summed E-state index contributed by atoms with van der Waals surface area (Å²) in [6.07, 6.45) is -5.08. The van der Waals surface area contributed by atoms with Gasteiger partial charge in [0, 0.05) is 0 Å². The molecule has 0 aromatic heterocycles. The van der Waals surface area contributed by atoms with Gasteiger partial charge >= 0.3 is 12.1 Å². The fourth-order valence-electron chi connectivity index (χ4n) is 0.534. The average Bonchev–Trinajstić information content (AvgIpc) is 2.17. The summed E-state index contributed by atoms with van der Waals surface area (Å²) in [5.74, 6) is -2.76. The van der Waals surface area contributed by atoms with Crippen molar-refractivity contribution in [3.63, 3.8) is 0 Å². The summed E-state index contributed by atoms with van der Waals surface area (Å²) in [5.41, 5.74) is 1.32. The van der Waals surface area contributed by atoms with E-state index in [4.69, 9.17) is 18.3 Å². The summed E-state index contributed by atoms with van der Waals surface area (Å²) >= 11 is 0. The zero-order valence-electron chi connectivity index (χ0n) is 9.22. The first-order valence-electron chi connectivity index (χ1n) is 4.28. The van der Waals surface area contributed by atoms with E-state index in [0.717, 1.165) is 0 Å². The fraction of sp³-hybridized carbons (Fsp3) is 0.222. The van der Waals surface area contributed by atoms with Crippen LogP contribution in [0.5, 0.6) is 0 Å². The third-order valence-electron chi connectivity index (χ3n) is 1.18.